The second-order valence-corrected chi connectivity index (χ2v) is 8.64. The predicted molar refractivity (Wildman–Crippen MR) is 97.9 cm³/mol. The van der Waals surface area contributed by atoms with Crippen LogP contribution in [0.2, 0.25) is 0 Å². The van der Waals surface area contributed by atoms with E-state index in [-0.39, 0.29) is 17.0 Å². The molecule has 0 spiro atoms. The van der Waals surface area contributed by atoms with Gasteiger partial charge in [0.25, 0.3) is 5.91 Å². The highest BCUT2D eigenvalue weighted by Crippen LogP contribution is 2.24. The highest BCUT2D eigenvalue weighted by Gasteiger charge is 2.35. The van der Waals surface area contributed by atoms with Gasteiger partial charge >= 0.3 is 0 Å². The molecule has 0 saturated carbocycles. The number of benzene rings is 1. The van der Waals surface area contributed by atoms with Gasteiger partial charge < -0.3 is 14.8 Å². The first kappa shape index (κ1) is 19.0. The van der Waals surface area contributed by atoms with Crippen molar-refractivity contribution in [1.82, 2.24) is 19.7 Å². The van der Waals surface area contributed by atoms with Crippen LogP contribution in [-0.4, -0.2) is 58.2 Å². The van der Waals surface area contributed by atoms with E-state index >= 15 is 0 Å². The molecule has 0 unspecified atom stereocenters. The molecule has 2 heterocycles. The topological polar surface area (TPSA) is 114 Å². The van der Waals surface area contributed by atoms with Gasteiger partial charge in [-0.2, -0.15) is 0 Å². The van der Waals surface area contributed by atoms with Gasteiger partial charge in [-0.25, -0.2) is 8.42 Å². The summed E-state index contributed by atoms with van der Waals surface area (Å²) >= 11 is 0. The van der Waals surface area contributed by atoms with Crippen LogP contribution >= 0.6 is 0 Å². The Labute approximate surface area is 157 Å². The van der Waals surface area contributed by atoms with Crippen molar-refractivity contribution in [3.8, 4) is 0 Å². The monoisotopic (exact) mass is 391 g/mol. The molecule has 1 aliphatic rings. The number of carbonyl (C=O) groups is 2. The number of sulfone groups is 1. The van der Waals surface area contributed by atoms with Crippen molar-refractivity contribution < 1.29 is 18.0 Å². The van der Waals surface area contributed by atoms with Crippen LogP contribution in [0.5, 0.6) is 0 Å². The molecule has 10 heteroatoms. The number of nitrogens with zero attached hydrogens (tertiary/aromatic N) is 4. The summed E-state index contributed by atoms with van der Waals surface area (Å²) in [6, 6.07) is 6.63. The van der Waals surface area contributed by atoms with Gasteiger partial charge in [0.1, 0.15) is 6.33 Å². The van der Waals surface area contributed by atoms with Crippen LogP contribution in [-0.2, 0) is 21.7 Å². The van der Waals surface area contributed by atoms with Gasteiger partial charge in [-0.1, -0.05) is 0 Å². The largest absolute Gasteiger partial charge is 0.339 e. The Bertz CT molecular complexity index is 944. The Hall–Kier alpha value is -2.75. The molecule has 0 bridgehead atoms. The standard InChI is InChI=1S/C17H21N5O4S/c1-12(23)19-14-5-3-13(4-6-14)16(24)22-9-7-15(8-10-22)27(25,26)17-20-18-11-21(17)2/h3-6,11,15H,7-10H2,1-2H3,(H,19,23). The van der Waals surface area contributed by atoms with Crippen LogP contribution in [0.25, 0.3) is 0 Å². The third-order valence-electron chi connectivity index (χ3n) is 4.54. The molecule has 2 aromatic rings. The van der Waals surface area contributed by atoms with Gasteiger partial charge in [-0.3, -0.25) is 9.59 Å². The SMILES string of the molecule is CC(=O)Nc1ccc(C(=O)N2CCC(S(=O)(=O)c3nncn3C)CC2)cc1. The maximum absolute atomic E-state index is 12.7. The smallest absolute Gasteiger partial charge is 0.253 e. The highest BCUT2D eigenvalue weighted by molar-refractivity contribution is 7.91. The molecule has 27 heavy (non-hydrogen) atoms. The molecular formula is C17H21N5O4S. The molecular weight excluding hydrogens is 370 g/mol. The number of rotatable bonds is 4. The highest BCUT2D eigenvalue weighted by atomic mass is 32.2. The summed E-state index contributed by atoms with van der Waals surface area (Å²) in [4.78, 5) is 25.3. The summed E-state index contributed by atoms with van der Waals surface area (Å²) in [5.74, 6) is -0.334. The molecule has 1 aromatic carbocycles. The van der Waals surface area contributed by atoms with Crippen molar-refractivity contribution in [2.75, 3.05) is 18.4 Å². The summed E-state index contributed by atoms with van der Waals surface area (Å²) in [7, 11) is -1.98. The van der Waals surface area contributed by atoms with Gasteiger partial charge in [0, 0.05) is 38.3 Å². The predicted octanol–water partition coefficient (Wildman–Crippen LogP) is 0.852. The van der Waals surface area contributed by atoms with Crippen molar-refractivity contribution in [2.24, 2.45) is 7.05 Å². The number of anilines is 1. The summed E-state index contributed by atoms with van der Waals surface area (Å²) in [5, 5.41) is 9.37. The Kier molecular flexibility index (Phi) is 5.26. The van der Waals surface area contributed by atoms with Crippen LogP contribution in [0.15, 0.2) is 35.7 Å². The fourth-order valence-electron chi connectivity index (χ4n) is 3.13. The second kappa shape index (κ2) is 7.47. The zero-order chi connectivity index (χ0) is 19.6. The van der Waals surface area contributed by atoms with E-state index in [0.29, 0.717) is 37.2 Å². The number of piperidine rings is 1. The lowest BCUT2D eigenvalue weighted by Gasteiger charge is -2.31. The molecule has 1 saturated heterocycles. The number of amides is 2. The lowest BCUT2D eigenvalue weighted by molar-refractivity contribution is -0.114. The van der Waals surface area contributed by atoms with Gasteiger partial charge in [-0.15, -0.1) is 10.2 Å². The fourth-order valence-corrected chi connectivity index (χ4v) is 4.87. The number of nitrogens with one attached hydrogen (secondary N) is 1. The van der Waals surface area contributed by atoms with E-state index in [4.69, 9.17) is 0 Å². The summed E-state index contributed by atoms with van der Waals surface area (Å²) in [5.41, 5.74) is 1.12. The maximum atomic E-state index is 12.7. The number of carbonyl (C=O) groups excluding carboxylic acids is 2. The van der Waals surface area contributed by atoms with E-state index in [1.165, 1.54) is 17.8 Å². The molecule has 1 fully saturated rings. The summed E-state index contributed by atoms with van der Waals surface area (Å²) in [6.45, 7) is 2.13. The molecule has 0 radical (unpaired) electrons. The van der Waals surface area contributed by atoms with Crippen molar-refractivity contribution in [2.45, 2.75) is 30.2 Å². The van der Waals surface area contributed by atoms with Gasteiger partial charge in [-0.05, 0) is 37.1 Å². The molecule has 9 nitrogen and oxygen atoms in total. The Morgan fingerprint density at radius 3 is 2.30 bits per heavy atom. The molecule has 2 amide bonds. The Balaban J connectivity index is 1.64. The molecule has 0 atom stereocenters. The van der Waals surface area contributed by atoms with Crippen LogP contribution in [0, 0.1) is 0 Å². The maximum Gasteiger partial charge on any atom is 0.253 e. The van der Waals surface area contributed by atoms with Crippen molar-refractivity contribution >= 4 is 27.3 Å². The summed E-state index contributed by atoms with van der Waals surface area (Å²) < 4.78 is 26.8. The minimum absolute atomic E-state index is 0.0409. The van der Waals surface area contributed by atoms with Crippen LogP contribution in [0.1, 0.15) is 30.1 Å². The van der Waals surface area contributed by atoms with Crippen LogP contribution in [0.4, 0.5) is 5.69 Å². The third kappa shape index (κ3) is 4.00. The number of aromatic nitrogens is 3. The van der Waals surface area contributed by atoms with E-state index in [2.05, 4.69) is 15.5 Å². The van der Waals surface area contributed by atoms with Crippen molar-refractivity contribution in [3.63, 3.8) is 0 Å². The lowest BCUT2D eigenvalue weighted by atomic mass is 10.1. The van der Waals surface area contributed by atoms with E-state index < -0.39 is 15.1 Å². The van der Waals surface area contributed by atoms with Crippen LogP contribution < -0.4 is 5.32 Å². The van der Waals surface area contributed by atoms with Crippen molar-refractivity contribution in [3.05, 3.63) is 36.2 Å². The van der Waals surface area contributed by atoms with E-state index in [1.807, 2.05) is 0 Å². The molecule has 144 valence electrons. The summed E-state index contributed by atoms with van der Waals surface area (Å²) in [6.07, 6.45) is 2.06. The molecule has 1 N–H and O–H groups in total. The molecule has 3 rings (SSSR count). The first-order valence-corrected chi connectivity index (χ1v) is 10.1. The Morgan fingerprint density at radius 2 is 1.78 bits per heavy atom. The third-order valence-corrected chi connectivity index (χ3v) is 6.77. The zero-order valence-corrected chi connectivity index (χ0v) is 15.9. The number of hydrogen-bond donors (Lipinski definition) is 1. The minimum Gasteiger partial charge on any atom is -0.339 e. The van der Waals surface area contributed by atoms with E-state index in [9.17, 15) is 18.0 Å². The van der Waals surface area contributed by atoms with Gasteiger partial charge in [0.15, 0.2) is 0 Å². The quantitative estimate of drug-likeness (QED) is 0.826. The first-order chi connectivity index (χ1) is 12.8. The second-order valence-electron chi connectivity index (χ2n) is 6.52. The first-order valence-electron chi connectivity index (χ1n) is 8.54. The lowest BCUT2D eigenvalue weighted by Crippen LogP contribution is -2.42. The molecule has 0 aliphatic carbocycles. The van der Waals surface area contributed by atoms with Crippen molar-refractivity contribution in [1.29, 1.82) is 0 Å². The van der Waals surface area contributed by atoms with Crippen LogP contribution in [0.3, 0.4) is 0 Å². The molecule has 1 aromatic heterocycles. The number of hydrogen-bond acceptors (Lipinski definition) is 6. The minimum atomic E-state index is -3.57. The average Bonchev–Trinajstić information content (AvgIpc) is 3.08. The normalized spacial score (nSPS) is 15.6. The van der Waals surface area contributed by atoms with E-state index in [0.717, 1.165) is 0 Å². The molecule has 1 aliphatic heterocycles. The fraction of sp³-hybridized carbons (Fsp3) is 0.412. The van der Waals surface area contributed by atoms with E-state index in [1.54, 1.807) is 36.2 Å². The number of aryl methyl sites for hydroxylation is 1. The Morgan fingerprint density at radius 1 is 1.15 bits per heavy atom. The van der Waals surface area contributed by atoms with Gasteiger partial charge in [0.2, 0.25) is 20.9 Å². The zero-order valence-electron chi connectivity index (χ0n) is 15.1. The van der Waals surface area contributed by atoms with Gasteiger partial charge in [0.05, 0.1) is 5.25 Å². The average molecular weight is 391 g/mol. The number of likely N-dealkylation sites (tertiary alicyclic amines) is 1.